The monoisotopic (exact) mass is 276 g/mol. The molecule has 0 saturated carbocycles. The molecule has 4 heteroatoms. The van der Waals surface area contributed by atoms with E-state index in [2.05, 4.69) is 5.32 Å². The molecule has 1 aromatic rings. The predicted molar refractivity (Wildman–Crippen MR) is 79.6 cm³/mol. The van der Waals surface area contributed by atoms with Crippen LogP contribution in [0.25, 0.3) is 0 Å². The molecule has 0 radical (unpaired) electrons. The topological polar surface area (TPSA) is 41.6 Å². The van der Waals surface area contributed by atoms with Gasteiger partial charge in [0.25, 0.3) is 0 Å². The van der Waals surface area contributed by atoms with Crippen LogP contribution in [0.2, 0.25) is 0 Å². The van der Waals surface area contributed by atoms with Crippen LogP contribution in [-0.4, -0.2) is 36.2 Å². The Kier molecular flexibility index (Phi) is 4.33. The number of amides is 2. The van der Waals surface area contributed by atoms with E-state index >= 15 is 0 Å². The Hall–Kier alpha value is -1.55. The predicted octanol–water partition coefficient (Wildman–Crippen LogP) is 2.74. The molecule has 0 spiro atoms. The molecule has 1 N–H and O–H groups in total. The number of carbonyl (C=O) groups is 1. The first-order chi connectivity index (χ1) is 9.38. The molecule has 1 aliphatic heterocycles. The highest BCUT2D eigenvalue weighted by Crippen LogP contribution is 2.20. The number of morpholine rings is 1. The van der Waals surface area contributed by atoms with Crippen molar-refractivity contribution in [2.24, 2.45) is 0 Å². The first-order valence-electron chi connectivity index (χ1n) is 7.16. The van der Waals surface area contributed by atoms with Crippen LogP contribution < -0.4 is 5.32 Å². The highest BCUT2D eigenvalue weighted by molar-refractivity contribution is 5.75. The van der Waals surface area contributed by atoms with E-state index in [4.69, 9.17) is 4.74 Å². The lowest BCUT2D eigenvalue weighted by Crippen LogP contribution is -2.55. The van der Waals surface area contributed by atoms with Crippen LogP contribution in [0.15, 0.2) is 30.3 Å². The maximum atomic E-state index is 12.4. The molecular formula is C16H24N2O2. The number of nitrogens with zero attached hydrogens (tertiary/aromatic N) is 1. The van der Waals surface area contributed by atoms with Crippen LogP contribution in [0.3, 0.4) is 0 Å². The first kappa shape index (κ1) is 14.9. The molecule has 110 valence electrons. The summed E-state index contributed by atoms with van der Waals surface area (Å²) in [6, 6.07) is 9.99. The van der Waals surface area contributed by atoms with Crippen molar-refractivity contribution in [1.82, 2.24) is 10.2 Å². The summed E-state index contributed by atoms with van der Waals surface area (Å²) in [6.07, 6.45) is 0.175. The van der Waals surface area contributed by atoms with E-state index in [-0.39, 0.29) is 23.8 Å². The minimum atomic E-state index is -0.386. The van der Waals surface area contributed by atoms with Gasteiger partial charge in [-0.05, 0) is 33.3 Å². The normalized spacial score (nSPS) is 23.5. The smallest absolute Gasteiger partial charge is 0.318 e. The Morgan fingerprint density at radius 1 is 1.20 bits per heavy atom. The molecule has 2 amide bonds. The van der Waals surface area contributed by atoms with Crippen molar-refractivity contribution in [2.75, 3.05) is 13.1 Å². The van der Waals surface area contributed by atoms with E-state index < -0.39 is 0 Å². The third-order valence-corrected chi connectivity index (χ3v) is 3.62. The summed E-state index contributed by atoms with van der Waals surface area (Å²) in [5, 5.41) is 3.11. The van der Waals surface area contributed by atoms with Crippen LogP contribution in [-0.2, 0) is 10.3 Å². The standard InChI is InChI=1S/C16H24N2O2/c1-12-10-18(11-13(2)20-12)15(19)17-16(3,4)14-8-6-5-7-9-14/h5-9,12-13H,10-11H2,1-4H3,(H,17,19). The highest BCUT2D eigenvalue weighted by Gasteiger charge is 2.30. The van der Waals surface area contributed by atoms with Crippen LogP contribution in [0.4, 0.5) is 4.79 Å². The van der Waals surface area contributed by atoms with Gasteiger partial charge in [0.1, 0.15) is 0 Å². The molecular weight excluding hydrogens is 252 g/mol. The number of carbonyl (C=O) groups excluding carboxylic acids is 1. The van der Waals surface area contributed by atoms with Crippen molar-refractivity contribution >= 4 is 6.03 Å². The minimum Gasteiger partial charge on any atom is -0.372 e. The van der Waals surface area contributed by atoms with Gasteiger partial charge in [0.15, 0.2) is 0 Å². The number of rotatable bonds is 2. The average Bonchev–Trinajstić information content (AvgIpc) is 2.38. The van der Waals surface area contributed by atoms with Gasteiger partial charge in [0.2, 0.25) is 0 Å². The molecule has 2 atom stereocenters. The lowest BCUT2D eigenvalue weighted by atomic mass is 9.94. The van der Waals surface area contributed by atoms with Gasteiger partial charge in [-0.15, -0.1) is 0 Å². The highest BCUT2D eigenvalue weighted by atomic mass is 16.5. The van der Waals surface area contributed by atoms with E-state index in [0.29, 0.717) is 13.1 Å². The zero-order valence-electron chi connectivity index (χ0n) is 12.7. The van der Waals surface area contributed by atoms with E-state index in [1.54, 1.807) is 0 Å². The first-order valence-corrected chi connectivity index (χ1v) is 7.16. The lowest BCUT2D eigenvalue weighted by Gasteiger charge is -2.37. The molecule has 1 aliphatic rings. The van der Waals surface area contributed by atoms with E-state index in [1.165, 1.54) is 0 Å². The Balaban J connectivity index is 2.03. The van der Waals surface area contributed by atoms with Gasteiger partial charge in [-0.2, -0.15) is 0 Å². The number of urea groups is 1. The van der Waals surface area contributed by atoms with Crippen molar-refractivity contribution < 1.29 is 9.53 Å². The van der Waals surface area contributed by atoms with Crippen LogP contribution in [0.5, 0.6) is 0 Å². The summed E-state index contributed by atoms with van der Waals surface area (Å²) in [5.74, 6) is 0. The zero-order chi connectivity index (χ0) is 14.8. The van der Waals surface area contributed by atoms with Gasteiger partial charge in [-0.25, -0.2) is 4.79 Å². The summed E-state index contributed by atoms with van der Waals surface area (Å²) < 4.78 is 5.66. The molecule has 1 heterocycles. The van der Waals surface area contributed by atoms with Crippen molar-refractivity contribution in [1.29, 1.82) is 0 Å². The fourth-order valence-corrected chi connectivity index (χ4v) is 2.62. The Labute approximate surface area is 121 Å². The van der Waals surface area contributed by atoms with Crippen molar-refractivity contribution in [2.45, 2.75) is 45.4 Å². The molecule has 1 fully saturated rings. The Morgan fingerprint density at radius 2 is 1.75 bits per heavy atom. The number of nitrogens with one attached hydrogen (secondary N) is 1. The zero-order valence-corrected chi connectivity index (χ0v) is 12.7. The fraction of sp³-hybridized carbons (Fsp3) is 0.562. The van der Waals surface area contributed by atoms with Gasteiger partial charge in [0, 0.05) is 13.1 Å². The van der Waals surface area contributed by atoms with Crippen LogP contribution in [0, 0.1) is 0 Å². The molecule has 1 saturated heterocycles. The fourth-order valence-electron chi connectivity index (χ4n) is 2.62. The third-order valence-electron chi connectivity index (χ3n) is 3.62. The Bertz CT molecular complexity index is 449. The molecule has 0 bridgehead atoms. The van der Waals surface area contributed by atoms with Crippen molar-refractivity contribution in [3.63, 3.8) is 0 Å². The molecule has 20 heavy (non-hydrogen) atoms. The van der Waals surface area contributed by atoms with E-state index in [0.717, 1.165) is 5.56 Å². The maximum absolute atomic E-state index is 12.4. The summed E-state index contributed by atoms with van der Waals surface area (Å²) in [4.78, 5) is 14.3. The number of benzene rings is 1. The lowest BCUT2D eigenvalue weighted by molar-refractivity contribution is -0.0551. The van der Waals surface area contributed by atoms with E-state index in [9.17, 15) is 4.79 Å². The van der Waals surface area contributed by atoms with E-state index in [1.807, 2.05) is 62.9 Å². The molecule has 0 aliphatic carbocycles. The van der Waals surface area contributed by atoms with Gasteiger partial charge in [0.05, 0.1) is 17.7 Å². The van der Waals surface area contributed by atoms with Crippen LogP contribution in [0.1, 0.15) is 33.3 Å². The molecule has 2 unspecified atom stereocenters. The van der Waals surface area contributed by atoms with Crippen LogP contribution >= 0.6 is 0 Å². The quantitative estimate of drug-likeness (QED) is 0.902. The maximum Gasteiger partial charge on any atom is 0.318 e. The second-order valence-corrected chi connectivity index (χ2v) is 6.08. The third kappa shape index (κ3) is 3.51. The van der Waals surface area contributed by atoms with Gasteiger partial charge in [-0.3, -0.25) is 0 Å². The summed E-state index contributed by atoms with van der Waals surface area (Å²) in [5.41, 5.74) is 0.714. The number of hydrogen-bond donors (Lipinski definition) is 1. The van der Waals surface area contributed by atoms with Crippen molar-refractivity contribution in [3.05, 3.63) is 35.9 Å². The second-order valence-electron chi connectivity index (χ2n) is 6.08. The molecule has 4 nitrogen and oxygen atoms in total. The molecule has 0 aromatic heterocycles. The van der Waals surface area contributed by atoms with Crippen molar-refractivity contribution in [3.8, 4) is 0 Å². The summed E-state index contributed by atoms with van der Waals surface area (Å²) in [7, 11) is 0. The second kappa shape index (κ2) is 5.83. The summed E-state index contributed by atoms with van der Waals surface area (Å²) >= 11 is 0. The average molecular weight is 276 g/mol. The number of hydrogen-bond acceptors (Lipinski definition) is 2. The Morgan fingerprint density at radius 3 is 2.30 bits per heavy atom. The van der Waals surface area contributed by atoms with Gasteiger partial charge < -0.3 is 15.0 Å². The molecule has 2 rings (SSSR count). The van der Waals surface area contributed by atoms with Gasteiger partial charge >= 0.3 is 6.03 Å². The largest absolute Gasteiger partial charge is 0.372 e. The summed E-state index contributed by atoms with van der Waals surface area (Å²) in [6.45, 7) is 9.32. The SMILES string of the molecule is CC1CN(C(=O)NC(C)(C)c2ccccc2)CC(C)O1. The minimum absolute atomic E-state index is 0.0270. The number of ether oxygens (including phenoxy) is 1. The molecule has 1 aromatic carbocycles. The van der Waals surface area contributed by atoms with Gasteiger partial charge in [-0.1, -0.05) is 30.3 Å².